The minimum atomic E-state index is -0.211. The monoisotopic (exact) mass is 280 g/mol. The number of pyridine rings is 1. The summed E-state index contributed by atoms with van der Waals surface area (Å²) >= 11 is 0. The number of halogens is 2. The van der Waals surface area contributed by atoms with Crippen molar-refractivity contribution in [1.82, 2.24) is 9.88 Å². The third-order valence-electron chi connectivity index (χ3n) is 2.74. The van der Waals surface area contributed by atoms with Gasteiger partial charge in [-0.05, 0) is 25.6 Å². The van der Waals surface area contributed by atoms with Gasteiger partial charge in [0.2, 0.25) is 0 Å². The molecular weight excluding hydrogens is 263 g/mol. The van der Waals surface area contributed by atoms with Crippen LogP contribution >= 0.6 is 24.8 Å². The minimum Gasteiger partial charge on any atom is -0.490 e. The fourth-order valence-electron chi connectivity index (χ4n) is 1.87. The van der Waals surface area contributed by atoms with Crippen LogP contribution in [0, 0.1) is 0 Å². The standard InChI is InChI=1S/C11H16N2O2.2ClH/c1-13-7-10(14)5-9(13)8-15-11-3-2-4-12-6-11;;/h2-4,6,9-10,14H,5,7-8H2,1H3;2*1H. The van der Waals surface area contributed by atoms with Crippen molar-refractivity contribution in [3.63, 3.8) is 0 Å². The van der Waals surface area contributed by atoms with Crippen molar-refractivity contribution in [2.75, 3.05) is 20.2 Å². The van der Waals surface area contributed by atoms with Crippen LogP contribution in [-0.2, 0) is 0 Å². The van der Waals surface area contributed by atoms with E-state index in [1.807, 2.05) is 19.2 Å². The summed E-state index contributed by atoms with van der Waals surface area (Å²) in [6.45, 7) is 1.35. The van der Waals surface area contributed by atoms with Crippen LogP contribution in [-0.4, -0.2) is 47.3 Å². The van der Waals surface area contributed by atoms with Crippen LogP contribution in [0.1, 0.15) is 6.42 Å². The van der Waals surface area contributed by atoms with Gasteiger partial charge in [0.15, 0.2) is 0 Å². The highest BCUT2D eigenvalue weighted by atomic mass is 35.5. The van der Waals surface area contributed by atoms with E-state index in [2.05, 4.69) is 9.88 Å². The Kier molecular flexibility index (Phi) is 7.46. The quantitative estimate of drug-likeness (QED) is 0.909. The number of aliphatic hydroxyl groups is 1. The number of ether oxygens (including phenoxy) is 1. The molecule has 2 heterocycles. The Labute approximate surface area is 114 Å². The number of likely N-dealkylation sites (N-methyl/N-ethyl adjacent to an activating group) is 1. The molecule has 17 heavy (non-hydrogen) atoms. The van der Waals surface area contributed by atoms with Crippen molar-refractivity contribution < 1.29 is 9.84 Å². The van der Waals surface area contributed by atoms with E-state index in [9.17, 15) is 5.11 Å². The molecular formula is C11H18Cl2N2O2. The number of β-amino-alcohol motifs (C(OH)–C–C–N with tert-alkyl or cyclic N) is 1. The number of likely N-dealkylation sites (tertiary alicyclic amines) is 1. The molecule has 1 aromatic rings. The molecule has 0 bridgehead atoms. The number of nitrogens with zero attached hydrogens (tertiary/aromatic N) is 2. The summed E-state index contributed by atoms with van der Waals surface area (Å²) in [5, 5.41) is 9.46. The van der Waals surface area contributed by atoms with E-state index in [4.69, 9.17) is 4.74 Å². The molecule has 4 nitrogen and oxygen atoms in total. The van der Waals surface area contributed by atoms with Crippen molar-refractivity contribution in [1.29, 1.82) is 0 Å². The van der Waals surface area contributed by atoms with Crippen LogP contribution in [0.4, 0.5) is 0 Å². The molecule has 98 valence electrons. The van der Waals surface area contributed by atoms with E-state index < -0.39 is 0 Å². The van der Waals surface area contributed by atoms with E-state index in [-0.39, 0.29) is 30.9 Å². The lowest BCUT2D eigenvalue weighted by Crippen LogP contribution is -2.30. The van der Waals surface area contributed by atoms with E-state index >= 15 is 0 Å². The predicted octanol–water partition coefficient (Wildman–Crippen LogP) is 1.37. The number of rotatable bonds is 3. The van der Waals surface area contributed by atoms with E-state index in [0.717, 1.165) is 18.7 Å². The second-order valence-corrected chi connectivity index (χ2v) is 3.98. The highest BCUT2D eigenvalue weighted by Gasteiger charge is 2.28. The Bertz CT molecular complexity index is 314. The molecule has 0 spiro atoms. The van der Waals surface area contributed by atoms with Crippen LogP contribution in [0.2, 0.25) is 0 Å². The molecule has 2 rings (SSSR count). The van der Waals surface area contributed by atoms with Gasteiger partial charge in [-0.3, -0.25) is 9.88 Å². The maximum absolute atomic E-state index is 9.46. The summed E-state index contributed by atoms with van der Waals surface area (Å²) in [5.74, 6) is 0.785. The lowest BCUT2D eigenvalue weighted by atomic mass is 10.2. The summed E-state index contributed by atoms with van der Waals surface area (Å²) < 4.78 is 5.59. The molecule has 1 fully saturated rings. The molecule has 1 N–H and O–H groups in total. The van der Waals surface area contributed by atoms with Crippen LogP contribution in [0.5, 0.6) is 5.75 Å². The van der Waals surface area contributed by atoms with Gasteiger partial charge in [0.25, 0.3) is 0 Å². The number of aliphatic hydroxyl groups excluding tert-OH is 1. The van der Waals surface area contributed by atoms with E-state index in [1.165, 1.54) is 0 Å². The molecule has 0 amide bonds. The number of hydrogen-bond acceptors (Lipinski definition) is 4. The topological polar surface area (TPSA) is 45.6 Å². The number of aromatic nitrogens is 1. The third kappa shape index (κ3) is 4.68. The minimum absolute atomic E-state index is 0. The molecule has 2 atom stereocenters. The van der Waals surface area contributed by atoms with Crippen molar-refractivity contribution in [2.45, 2.75) is 18.6 Å². The first-order valence-corrected chi connectivity index (χ1v) is 5.17. The molecule has 1 aliphatic heterocycles. The molecule has 2 unspecified atom stereocenters. The fourth-order valence-corrected chi connectivity index (χ4v) is 1.87. The summed E-state index contributed by atoms with van der Waals surface area (Å²) in [5.41, 5.74) is 0. The van der Waals surface area contributed by atoms with E-state index in [0.29, 0.717) is 12.6 Å². The zero-order valence-electron chi connectivity index (χ0n) is 9.65. The molecule has 0 aliphatic carbocycles. The Balaban J connectivity index is 0.00000128. The van der Waals surface area contributed by atoms with Crippen molar-refractivity contribution in [3.05, 3.63) is 24.5 Å². The van der Waals surface area contributed by atoms with Crippen molar-refractivity contribution >= 4 is 24.8 Å². The Morgan fingerprint density at radius 3 is 2.82 bits per heavy atom. The maximum atomic E-state index is 9.46. The first kappa shape index (κ1) is 16.4. The molecule has 1 aliphatic rings. The van der Waals surface area contributed by atoms with Gasteiger partial charge in [-0.2, -0.15) is 0 Å². The second-order valence-electron chi connectivity index (χ2n) is 3.98. The van der Waals surface area contributed by atoms with Crippen molar-refractivity contribution in [3.8, 4) is 5.75 Å². The Morgan fingerprint density at radius 2 is 2.29 bits per heavy atom. The van der Waals surface area contributed by atoms with Crippen LogP contribution < -0.4 is 4.74 Å². The van der Waals surface area contributed by atoms with Gasteiger partial charge in [-0.15, -0.1) is 24.8 Å². The van der Waals surface area contributed by atoms with Gasteiger partial charge in [0, 0.05) is 18.8 Å². The van der Waals surface area contributed by atoms with Crippen LogP contribution in [0.15, 0.2) is 24.5 Å². The maximum Gasteiger partial charge on any atom is 0.137 e. The summed E-state index contributed by atoms with van der Waals surface area (Å²) in [4.78, 5) is 6.10. The smallest absolute Gasteiger partial charge is 0.137 e. The molecule has 0 aromatic carbocycles. The molecule has 1 aromatic heterocycles. The summed E-state index contributed by atoms with van der Waals surface area (Å²) in [6.07, 6.45) is 4.00. The van der Waals surface area contributed by atoms with Gasteiger partial charge in [0.05, 0.1) is 12.3 Å². The first-order valence-electron chi connectivity index (χ1n) is 5.17. The van der Waals surface area contributed by atoms with Crippen LogP contribution in [0.25, 0.3) is 0 Å². The highest BCUT2D eigenvalue weighted by molar-refractivity contribution is 5.85. The van der Waals surface area contributed by atoms with Crippen molar-refractivity contribution in [2.24, 2.45) is 0 Å². The molecule has 0 radical (unpaired) electrons. The summed E-state index contributed by atoms with van der Waals surface area (Å²) in [7, 11) is 2.01. The van der Waals surface area contributed by atoms with E-state index in [1.54, 1.807) is 12.4 Å². The predicted molar refractivity (Wildman–Crippen MR) is 71.3 cm³/mol. The largest absolute Gasteiger partial charge is 0.490 e. The van der Waals surface area contributed by atoms with Gasteiger partial charge in [-0.25, -0.2) is 0 Å². The van der Waals surface area contributed by atoms with Crippen LogP contribution in [0.3, 0.4) is 0 Å². The van der Waals surface area contributed by atoms with Gasteiger partial charge in [-0.1, -0.05) is 0 Å². The SMILES string of the molecule is CN1CC(O)CC1COc1cccnc1.Cl.Cl. The Hall–Kier alpha value is -0.550. The average Bonchev–Trinajstić information content (AvgIpc) is 2.56. The normalized spacial score (nSPS) is 23.6. The second kappa shape index (κ2) is 7.71. The molecule has 6 heteroatoms. The third-order valence-corrected chi connectivity index (χ3v) is 2.74. The van der Waals surface area contributed by atoms with Gasteiger partial charge in [0.1, 0.15) is 12.4 Å². The zero-order chi connectivity index (χ0) is 10.7. The zero-order valence-corrected chi connectivity index (χ0v) is 11.3. The van der Waals surface area contributed by atoms with Gasteiger partial charge >= 0.3 is 0 Å². The summed E-state index contributed by atoms with van der Waals surface area (Å²) in [6, 6.07) is 4.04. The molecule has 0 saturated carbocycles. The average molecular weight is 281 g/mol. The van der Waals surface area contributed by atoms with Gasteiger partial charge < -0.3 is 9.84 Å². The molecule has 1 saturated heterocycles. The highest BCUT2D eigenvalue weighted by Crippen LogP contribution is 2.17. The Morgan fingerprint density at radius 1 is 1.53 bits per heavy atom. The first-order chi connectivity index (χ1) is 7.25. The lowest BCUT2D eigenvalue weighted by molar-refractivity contribution is 0.182. The lowest BCUT2D eigenvalue weighted by Gasteiger charge is -2.18. The number of hydrogen-bond donors (Lipinski definition) is 1. The fraction of sp³-hybridized carbons (Fsp3) is 0.545.